The van der Waals surface area contributed by atoms with Gasteiger partial charge in [0.05, 0.1) is 12.2 Å². The number of hydrogen-bond donors (Lipinski definition) is 2. The van der Waals surface area contributed by atoms with Crippen LogP contribution < -0.4 is 4.74 Å². The second kappa shape index (κ2) is 10.8. The van der Waals surface area contributed by atoms with Gasteiger partial charge in [-0.1, -0.05) is 24.3 Å². The lowest BCUT2D eigenvalue weighted by Gasteiger charge is -2.39. The second-order valence-corrected chi connectivity index (χ2v) is 8.79. The zero-order chi connectivity index (χ0) is 24.0. The van der Waals surface area contributed by atoms with Crippen LogP contribution in [0.4, 0.5) is 0 Å². The van der Waals surface area contributed by atoms with Gasteiger partial charge in [0.25, 0.3) is 0 Å². The lowest BCUT2D eigenvalue weighted by Crippen LogP contribution is -2.43. The molecule has 182 valence electrons. The molecule has 0 amide bonds. The molecule has 4 heterocycles. The first-order chi connectivity index (χ1) is 16.4. The number of aryl methyl sites for hydroxylation is 2. The number of rotatable bonds is 6. The SMILES string of the molecule is O=C(O)/C=C\C(=O)O.c1ccc2c(c1)COC21CCN(CCOc2cc3n(n2)CCCC3)CC1. The summed E-state index contributed by atoms with van der Waals surface area (Å²) in [4.78, 5) is 21.6. The third-order valence-electron chi connectivity index (χ3n) is 6.60. The van der Waals surface area contributed by atoms with Gasteiger partial charge in [0, 0.05) is 50.1 Å². The average molecular weight is 470 g/mol. The van der Waals surface area contributed by atoms with Gasteiger partial charge in [0.2, 0.25) is 5.88 Å². The number of benzene rings is 1. The van der Waals surface area contributed by atoms with Crippen LogP contribution in [-0.4, -0.2) is 63.1 Å². The fourth-order valence-electron chi connectivity index (χ4n) is 4.82. The van der Waals surface area contributed by atoms with Crippen molar-refractivity contribution < 1.29 is 29.3 Å². The van der Waals surface area contributed by atoms with Crippen LogP contribution in [0.1, 0.15) is 42.5 Å². The van der Waals surface area contributed by atoms with Crippen LogP contribution in [0.5, 0.6) is 5.88 Å². The van der Waals surface area contributed by atoms with Crippen LogP contribution in [0.15, 0.2) is 42.5 Å². The van der Waals surface area contributed by atoms with E-state index in [1.54, 1.807) is 0 Å². The fourth-order valence-corrected chi connectivity index (χ4v) is 4.82. The number of carbonyl (C=O) groups is 2. The summed E-state index contributed by atoms with van der Waals surface area (Å²) in [5.41, 5.74) is 4.06. The highest BCUT2D eigenvalue weighted by Crippen LogP contribution is 2.43. The first-order valence-electron chi connectivity index (χ1n) is 11.7. The van der Waals surface area contributed by atoms with E-state index in [1.807, 2.05) is 0 Å². The van der Waals surface area contributed by atoms with E-state index in [4.69, 9.17) is 19.7 Å². The molecule has 0 aliphatic carbocycles. The van der Waals surface area contributed by atoms with Crippen molar-refractivity contribution in [1.82, 2.24) is 14.7 Å². The Balaban J connectivity index is 0.000000297. The molecule has 1 saturated heterocycles. The van der Waals surface area contributed by atoms with Crippen molar-refractivity contribution >= 4 is 11.9 Å². The zero-order valence-electron chi connectivity index (χ0n) is 19.2. The molecule has 1 spiro atoms. The van der Waals surface area contributed by atoms with Crippen molar-refractivity contribution in [3.05, 3.63) is 59.3 Å². The molecule has 3 aliphatic rings. The van der Waals surface area contributed by atoms with Crippen molar-refractivity contribution in [3.8, 4) is 5.88 Å². The fraction of sp³-hybridized carbons (Fsp3) is 0.480. The van der Waals surface area contributed by atoms with Crippen LogP contribution in [0.25, 0.3) is 0 Å². The Morgan fingerprint density at radius 3 is 2.53 bits per heavy atom. The third kappa shape index (κ3) is 5.84. The molecule has 34 heavy (non-hydrogen) atoms. The minimum absolute atomic E-state index is 0.0448. The smallest absolute Gasteiger partial charge is 0.328 e. The summed E-state index contributed by atoms with van der Waals surface area (Å²) in [5, 5.41) is 20.2. The standard InChI is InChI=1S/C21H27N3O2.C4H4O4/c1-2-7-19-17(5-1)16-26-21(19)8-11-23(12-9-21)13-14-25-20-15-18-6-3-4-10-24(18)22-20;5-3(6)1-2-4(7)8/h1-2,5,7,15H,3-4,6,8-14,16H2;1-2H,(H,5,6)(H,7,8)/b;2-1-. The highest BCUT2D eigenvalue weighted by atomic mass is 16.5. The summed E-state index contributed by atoms with van der Waals surface area (Å²) in [6, 6.07) is 10.8. The average Bonchev–Trinajstić information content (AvgIpc) is 3.41. The maximum Gasteiger partial charge on any atom is 0.328 e. The lowest BCUT2D eigenvalue weighted by molar-refractivity contribution is -0.134. The number of carboxylic acid groups (broad SMARTS) is 2. The topological polar surface area (TPSA) is 114 Å². The van der Waals surface area contributed by atoms with Crippen molar-refractivity contribution in [2.45, 2.75) is 50.9 Å². The molecule has 0 saturated carbocycles. The molecular formula is C25H31N3O6. The third-order valence-corrected chi connectivity index (χ3v) is 6.60. The Bertz CT molecular complexity index is 1000. The maximum atomic E-state index is 9.55. The van der Waals surface area contributed by atoms with Crippen molar-refractivity contribution in [2.75, 3.05) is 26.2 Å². The summed E-state index contributed by atoms with van der Waals surface area (Å²) >= 11 is 0. The van der Waals surface area contributed by atoms with Crippen LogP contribution in [0.3, 0.4) is 0 Å². The molecule has 5 rings (SSSR count). The second-order valence-electron chi connectivity index (χ2n) is 8.79. The first kappa shape index (κ1) is 24.0. The number of aliphatic carboxylic acids is 2. The minimum Gasteiger partial charge on any atom is -0.478 e. The molecule has 9 heteroatoms. The van der Waals surface area contributed by atoms with E-state index in [9.17, 15) is 9.59 Å². The van der Waals surface area contributed by atoms with Gasteiger partial charge in [-0.05, 0) is 43.2 Å². The maximum absolute atomic E-state index is 9.55. The van der Waals surface area contributed by atoms with E-state index < -0.39 is 11.9 Å². The van der Waals surface area contributed by atoms with E-state index in [0.29, 0.717) is 18.8 Å². The summed E-state index contributed by atoms with van der Waals surface area (Å²) < 4.78 is 14.3. The Morgan fingerprint density at radius 2 is 1.82 bits per heavy atom. The minimum atomic E-state index is -1.26. The molecule has 0 atom stereocenters. The van der Waals surface area contributed by atoms with Crippen molar-refractivity contribution in [3.63, 3.8) is 0 Å². The molecular weight excluding hydrogens is 438 g/mol. The summed E-state index contributed by atoms with van der Waals surface area (Å²) in [6.07, 6.45) is 6.89. The summed E-state index contributed by atoms with van der Waals surface area (Å²) in [5.74, 6) is -1.72. The number of likely N-dealkylation sites (tertiary alicyclic amines) is 1. The van der Waals surface area contributed by atoms with Crippen LogP contribution in [0, 0.1) is 0 Å². The molecule has 1 fully saturated rings. The van der Waals surface area contributed by atoms with Crippen LogP contribution >= 0.6 is 0 Å². The molecule has 0 unspecified atom stereocenters. The van der Waals surface area contributed by atoms with Crippen LogP contribution in [-0.2, 0) is 39.5 Å². The van der Waals surface area contributed by atoms with Crippen molar-refractivity contribution in [1.29, 1.82) is 0 Å². The highest BCUT2D eigenvalue weighted by Gasteiger charge is 2.42. The Labute approximate surface area is 198 Å². The van der Waals surface area contributed by atoms with E-state index in [-0.39, 0.29) is 5.60 Å². The lowest BCUT2D eigenvalue weighted by atomic mass is 9.84. The quantitative estimate of drug-likeness (QED) is 0.621. The zero-order valence-corrected chi connectivity index (χ0v) is 19.2. The Hall–Kier alpha value is -3.17. The van der Waals surface area contributed by atoms with Gasteiger partial charge in [-0.15, -0.1) is 5.10 Å². The predicted octanol–water partition coefficient (Wildman–Crippen LogP) is 2.83. The number of hydrogen-bond acceptors (Lipinski definition) is 6. The highest BCUT2D eigenvalue weighted by molar-refractivity contribution is 5.89. The van der Waals surface area contributed by atoms with Gasteiger partial charge in [-0.2, -0.15) is 0 Å². The molecule has 2 aromatic rings. The normalized spacial score (nSPS) is 18.7. The number of fused-ring (bicyclic) bond motifs is 3. The van der Waals surface area contributed by atoms with Crippen LogP contribution in [0.2, 0.25) is 0 Å². The van der Waals surface area contributed by atoms with Gasteiger partial charge < -0.3 is 19.7 Å². The van der Waals surface area contributed by atoms with E-state index in [0.717, 1.165) is 57.9 Å². The molecule has 3 aliphatic heterocycles. The molecule has 1 aromatic heterocycles. The number of aromatic nitrogens is 2. The largest absolute Gasteiger partial charge is 0.478 e. The summed E-state index contributed by atoms with van der Waals surface area (Å²) in [7, 11) is 0. The first-order valence-corrected chi connectivity index (χ1v) is 11.7. The summed E-state index contributed by atoms with van der Waals surface area (Å²) in [6.45, 7) is 5.61. The molecule has 2 N–H and O–H groups in total. The van der Waals surface area contributed by atoms with Gasteiger partial charge in [-0.25, -0.2) is 9.59 Å². The molecule has 9 nitrogen and oxygen atoms in total. The number of ether oxygens (including phenoxy) is 2. The van der Waals surface area contributed by atoms with Gasteiger partial charge >= 0.3 is 11.9 Å². The predicted molar refractivity (Wildman–Crippen MR) is 124 cm³/mol. The van der Waals surface area contributed by atoms with Gasteiger partial charge in [0.15, 0.2) is 0 Å². The van der Waals surface area contributed by atoms with E-state index >= 15 is 0 Å². The van der Waals surface area contributed by atoms with E-state index in [2.05, 4.69) is 45.0 Å². The van der Waals surface area contributed by atoms with Gasteiger partial charge in [0.1, 0.15) is 6.61 Å². The number of carboxylic acids is 2. The molecule has 0 bridgehead atoms. The Morgan fingerprint density at radius 1 is 1.09 bits per heavy atom. The molecule has 0 radical (unpaired) electrons. The van der Waals surface area contributed by atoms with Crippen molar-refractivity contribution in [2.24, 2.45) is 0 Å². The monoisotopic (exact) mass is 469 g/mol. The molecule has 1 aromatic carbocycles. The number of nitrogens with zero attached hydrogens (tertiary/aromatic N) is 3. The van der Waals surface area contributed by atoms with Gasteiger partial charge in [-0.3, -0.25) is 9.58 Å². The Kier molecular flexibility index (Phi) is 7.64. The van der Waals surface area contributed by atoms with E-state index in [1.165, 1.54) is 29.7 Å². The number of piperidine rings is 1.